The minimum Gasteiger partial charge on any atom is -0.491 e. The largest absolute Gasteiger partial charge is 0.491 e. The van der Waals surface area contributed by atoms with Crippen LogP contribution in [0.1, 0.15) is 24.0 Å². The van der Waals surface area contributed by atoms with Gasteiger partial charge in [-0.05, 0) is 31.0 Å². The molecule has 1 fully saturated rings. The third kappa shape index (κ3) is 8.57. The number of pyridine rings is 1. The summed E-state index contributed by atoms with van der Waals surface area (Å²) in [6, 6.07) is 4.63. The molecule has 2 heterocycles. The van der Waals surface area contributed by atoms with Crippen molar-refractivity contribution in [3.05, 3.63) is 46.6 Å². The van der Waals surface area contributed by atoms with E-state index in [1.807, 2.05) is 4.72 Å². The summed E-state index contributed by atoms with van der Waals surface area (Å²) in [6.07, 6.45) is -4.14. The molecule has 1 aliphatic rings. The summed E-state index contributed by atoms with van der Waals surface area (Å²) in [6.45, 7) is 0.404. The van der Waals surface area contributed by atoms with Gasteiger partial charge in [0.1, 0.15) is 29.7 Å². The lowest BCUT2D eigenvalue weighted by Crippen LogP contribution is -2.47. The highest BCUT2D eigenvalue weighted by Crippen LogP contribution is 2.36. The molecule has 1 atom stereocenters. The molecule has 1 aliphatic heterocycles. The summed E-state index contributed by atoms with van der Waals surface area (Å²) >= 11 is 5.97. The molecule has 39 heavy (non-hydrogen) atoms. The number of carbonyl (C=O) groups excluding carboxylic acids is 1. The normalized spacial score (nSPS) is 16.2. The first-order valence-corrected chi connectivity index (χ1v) is 13.4. The Morgan fingerprint density at radius 3 is 2.64 bits per heavy atom. The van der Waals surface area contributed by atoms with Crippen LogP contribution in [0.3, 0.4) is 0 Å². The first kappa shape index (κ1) is 30.7. The quantitative estimate of drug-likeness (QED) is 0.359. The highest BCUT2D eigenvalue weighted by molar-refractivity contribution is 7.87. The van der Waals surface area contributed by atoms with Crippen molar-refractivity contribution >= 4 is 27.9 Å². The Balaban J connectivity index is 1.75. The van der Waals surface area contributed by atoms with Crippen molar-refractivity contribution in [3.8, 4) is 17.4 Å². The van der Waals surface area contributed by atoms with Crippen LogP contribution in [0.4, 0.5) is 18.0 Å². The third-order valence-corrected chi connectivity index (χ3v) is 7.29. The van der Waals surface area contributed by atoms with E-state index in [1.54, 1.807) is 0 Å². The first-order valence-electron chi connectivity index (χ1n) is 11.5. The number of ether oxygens (including phenoxy) is 5. The van der Waals surface area contributed by atoms with Crippen LogP contribution in [0, 0.1) is 0 Å². The van der Waals surface area contributed by atoms with Crippen LogP contribution in [-0.2, 0) is 37.2 Å². The minimum atomic E-state index is -4.66. The van der Waals surface area contributed by atoms with Crippen LogP contribution >= 0.6 is 11.6 Å². The van der Waals surface area contributed by atoms with E-state index in [1.165, 1.54) is 32.4 Å². The van der Waals surface area contributed by atoms with E-state index < -0.39 is 45.7 Å². The predicted octanol–water partition coefficient (Wildman–Crippen LogP) is 4.15. The van der Waals surface area contributed by atoms with E-state index in [0.29, 0.717) is 30.9 Å². The van der Waals surface area contributed by atoms with E-state index in [2.05, 4.69) is 4.98 Å². The van der Waals surface area contributed by atoms with Gasteiger partial charge in [0.25, 0.3) is 0 Å². The fourth-order valence-electron chi connectivity index (χ4n) is 3.66. The minimum absolute atomic E-state index is 0.00515. The molecule has 0 radical (unpaired) electrons. The first-order chi connectivity index (χ1) is 18.4. The Hall–Kier alpha value is -2.85. The zero-order valence-corrected chi connectivity index (χ0v) is 22.6. The average Bonchev–Trinajstić information content (AvgIpc) is 3.34. The number of nitrogens with one attached hydrogen (secondary N) is 1. The number of nitrogens with zero attached hydrogens (tertiary/aromatic N) is 2. The molecule has 0 aliphatic carbocycles. The lowest BCUT2D eigenvalue weighted by atomic mass is 10.2. The number of alkyl halides is 3. The summed E-state index contributed by atoms with van der Waals surface area (Å²) in [4.78, 5) is 16.0. The molecule has 1 aromatic carbocycles. The second-order valence-corrected chi connectivity index (χ2v) is 10.3. The number of halogens is 4. The number of methoxy groups -OCH3 is 2. The van der Waals surface area contributed by atoms with Crippen LogP contribution < -0.4 is 14.2 Å². The molecule has 11 nitrogen and oxygen atoms in total. The fraction of sp³-hybridized carbons (Fsp3) is 0.478. The van der Waals surface area contributed by atoms with Gasteiger partial charge in [-0.15, -0.1) is 0 Å². The monoisotopic (exact) mass is 597 g/mol. The molecular formula is C23H27ClF3N3O8S. The van der Waals surface area contributed by atoms with Crippen molar-refractivity contribution in [2.24, 2.45) is 0 Å². The SMILES string of the molecule is COCCOc1ccc(COC(=O)NS(=O)(=O)N2CCC[C@@H]2COC)c(Oc2ncc(C(F)(F)F)cc2Cl)c1. The second kappa shape index (κ2) is 13.5. The number of benzene rings is 1. The topological polar surface area (TPSA) is 126 Å². The highest BCUT2D eigenvalue weighted by Gasteiger charge is 2.35. The molecule has 0 unspecified atom stereocenters. The van der Waals surface area contributed by atoms with Gasteiger partial charge in [0.05, 0.1) is 18.8 Å². The maximum absolute atomic E-state index is 13.0. The van der Waals surface area contributed by atoms with Gasteiger partial charge in [-0.25, -0.2) is 14.5 Å². The van der Waals surface area contributed by atoms with Crippen molar-refractivity contribution in [3.63, 3.8) is 0 Å². The highest BCUT2D eigenvalue weighted by atomic mass is 35.5. The lowest BCUT2D eigenvalue weighted by Gasteiger charge is -2.23. The van der Waals surface area contributed by atoms with E-state index in [9.17, 15) is 26.4 Å². The molecule has 1 N–H and O–H groups in total. The zero-order chi connectivity index (χ0) is 28.6. The number of rotatable bonds is 12. The Morgan fingerprint density at radius 1 is 1.21 bits per heavy atom. The molecule has 2 aromatic rings. The van der Waals surface area contributed by atoms with Gasteiger partial charge >= 0.3 is 22.5 Å². The van der Waals surface area contributed by atoms with Gasteiger partial charge in [-0.1, -0.05) is 11.6 Å². The van der Waals surface area contributed by atoms with Gasteiger partial charge in [0, 0.05) is 44.6 Å². The van der Waals surface area contributed by atoms with Crippen molar-refractivity contribution in [1.29, 1.82) is 0 Å². The molecular weight excluding hydrogens is 571 g/mol. The van der Waals surface area contributed by atoms with Gasteiger partial charge in [0.2, 0.25) is 5.88 Å². The number of hydrogen-bond donors (Lipinski definition) is 1. The number of amides is 1. The third-order valence-electron chi connectivity index (χ3n) is 5.50. The molecule has 0 spiro atoms. The average molecular weight is 598 g/mol. The summed E-state index contributed by atoms with van der Waals surface area (Å²) in [7, 11) is -1.25. The smallest absolute Gasteiger partial charge is 0.422 e. The molecule has 0 bridgehead atoms. The molecule has 1 saturated heterocycles. The standard InChI is InChI=1S/C23H27ClF3N3O8S/c1-34-8-9-36-18-6-5-15(20(11-18)38-21-19(24)10-16(12-28-21)23(25,26)27)13-37-22(31)29-39(32,33)30-7-3-4-17(30)14-35-2/h5-6,10-12,17H,3-4,7-9,13-14H2,1-2H3,(H,29,31)/t17-/m1/s1. The van der Waals surface area contributed by atoms with Crippen molar-refractivity contribution in [2.45, 2.75) is 31.7 Å². The van der Waals surface area contributed by atoms with E-state index in [0.717, 1.165) is 4.31 Å². The van der Waals surface area contributed by atoms with Gasteiger partial charge in [-0.2, -0.15) is 25.9 Å². The molecule has 216 valence electrons. The van der Waals surface area contributed by atoms with E-state index >= 15 is 0 Å². The molecule has 3 rings (SSSR count). The zero-order valence-electron chi connectivity index (χ0n) is 21.0. The van der Waals surface area contributed by atoms with Crippen LogP contribution in [0.5, 0.6) is 17.4 Å². The molecule has 16 heteroatoms. The van der Waals surface area contributed by atoms with Crippen molar-refractivity contribution in [1.82, 2.24) is 14.0 Å². The van der Waals surface area contributed by atoms with Crippen molar-refractivity contribution in [2.75, 3.05) is 40.6 Å². The number of hydrogen-bond acceptors (Lipinski definition) is 9. The van der Waals surface area contributed by atoms with E-state index in [-0.39, 0.29) is 43.6 Å². The number of carbonyl (C=O) groups is 1. The number of aromatic nitrogens is 1. The second-order valence-electron chi connectivity index (χ2n) is 8.27. The fourth-order valence-corrected chi connectivity index (χ4v) is 5.18. The van der Waals surface area contributed by atoms with Crippen LogP contribution in [0.2, 0.25) is 5.02 Å². The Bertz CT molecular complexity index is 1250. The maximum Gasteiger partial charge on any atom is 0.422 e. The van der Waals surface area contributed by atoms with Crippen LogP contribution in [0.25, 0.3) is 0 Å². The molecule has 1 amide bonds. The van der Waals surface area contributed by atoms with E-state index in [4.69, 9.17) is 35.3 Å². The summed E-state index contributed by atoms with van der Waals surface area (Å²) < 4.78 is 93.5. The lowest BCUT2D eigenvalue weighted by molar-refractivity contribution is -0.137. The van der Waals surface area contributed by atoms with Crippen LogP contribution in [0.15, 0.2) is 30.5 Å². The predicted molar refractivity (Wildman–Crippen MR) is 132 cm³/mol. The molecule has 1 aromatic heterocycles. The summed E-state index contributed by atoms with van der Waals surface area (Å²) in [5, 5.41) is -0.414. The van der Waals surface area contributed by atoms with Gasteiger partial charge in [-0.3, -0.25) is 0 Å². The maximum atomic E-state index is 13.0. The molecule has 0 saturated carbocycles. The van der Waals surface area contributed by atoms with Crippen molar-refractivity contribution < 1.29 is 50.1 Å². The summed E-state index contributed by atoms with van der Waals surface area (Å²) in [5.41, 5.74) is -0.846. The Labute approximate surface area is 228 Å². The summed E-state index contributed by atoms with van der Waals surface area (Å²) in [5.74, 6) is -0.0429. The van der Waals surface area contributed by atoms with Gasteiger partial charge < -0.3 is 23.7 Å². The van der Waals surface area contributed by atoms with Gasteiger partial charge in [0.15, 0.2) is 0 Å². The van der Waals surface area contributed by atoms with Crippen LogP contribution in [-0.4, -0.2) is 70.4 Å². The Morgan fingerprint density at radius 2 is 1.97 bits per heavy atom. The Kier molecular flexibility index (Phi) is 10.6.